The number of aliphatic hydroxyl groups is 4. The molecular weight excluding hydrogens is 676 g/mol. The predicted molar refractivity (Wildman–Crippen MR) is 159 cm³/mol. The third-order valence-electron chi connectivity index (χ3n) is 7.80. The summed E-state index contributed by atoms with van der Waals surface area (Å²) in [5, 5.41) is 41.4. The van der Waals surface area contributed by atoms with Crippen LogP contribution in [-0.2, 0) is 19.1 Å². The van der Waals surface area contributed by atoms with Crippen molar-refractivity contribution in [2.75, 3.05) is 12.0 Å². The van der Waals surface area contributed by atoms with Gasteiger partial charge in [-0.15, -0.1) is 0 Å². The molecule has 3 aromatic rings. The third-order valence-corrected chi connectivity index (χ3v) is 8.52. The summed E-state index contributed by atoms with van der Waals surface area (Å²) in [6, 6.07) is 19.6. The third kappa shape index (κ3) is 6.54. The number of hydrogen-bond acceptors (Lipinski definition) is 9. The fourth-order valence-electron chi connectivity index (χ4n) is 5.42. The second-order valence-corrected chi connectivity index (χ2v) is 11.7. The molecule has 228 valence electrons. The van der Waals surface area contributed by atoms with Gasteiger partial charge in [0.05, 0.1) is 25.2 Å². The second kappa shape index (κ2) is 13.2. The first-order chi connectivity index (χ1) is 20.6. The van der Waals surface area contributed by atoms with Crippen LogP contribution in [0.3, 0.4) is 0 Å². The Morgan fingerprint density at radius 2 is 1.63 bits per heavy atom. The monoisotopic (exact) mass is 707 g/mol. The number of β-lactam (4-membered cyclic amide) rings is 1. The number of nitrogens with zero attached hydrogens (tertiary/aromatic N) is 1. The van der Waals surface area contributed by atoms with Gasteiger partial charge >= 0.3 is 5.97 Å². The molecule has 2 saturated heterocycles. The van der Waals surface area contributed by atoms with Crippen LogP contribution >= 0.6 is 22.6 Å². The summed E-state index contributed by atoms with van der Waals surface area (Å²) < 4.78 is 30.1. The lowest BCUT2D eigenvalue weighted by molar-refractivity contribution is -0.271. The molecule has 2 heterocycles. The van der Waals surface area contributed by atoms with E-state index in [4.69, 9.17) is 9.47 Å². The van der Waals surface area contributed by atoms with Gasteiger partial charge in [0.2, 0.25) is 12.2 Å². The van der Waals surface area contributed by atoms with Gasteiger partial charge in [-0.2, -0.15) is 0 Å². The molecule has 0 aromatic heterocycles. The zero-order chi connectivity index (χ0) is 30.8. The van der Waals surface area contributed by atoms with E-state index in [1.54, 1.807) is 29.2 Å². The highest BCUT2D eigenvalue weighted by Crippen LogP contribution is 2.46. The quantitative estimate of drug-likeness (QED) is 0.150. The van der Waals surface area contributed by atoms with Crippen molar-refractivity contribution >= 4 is 40.2 Å². The molecule has 0 spiro atoms. The fourth-order valence-corrected chi connectivity index (χ4v) is 5.78. The maximum atomic E-state index is 13.4. The number of hydrogen-bond donors (Lipinski definition) is 4. The molecule has 0 radical (unpaired) electrons. The summed E-state index contributed by atoms with van der Waals surface area (Å²) in [5.74, 6) is -1.59. The lowest BCUT2D eigenvalue weighted by atomic mass is 9.78. The standard InChI is InChI=1S/C31H31FINO9/c1-41-30(40)28-26(37)25(36)27(38)31(43-28)42-21-12-4-17(5-13-21)24-22(14-15-23(35)16-2-6-18(32)7-3-16)29(39)34(24)20-10-8-19(33)9-11-20/h2-13,22-28,31,35-38H,14-15H2,1H3. The van der Waals surface area contributed by atoms with Gasteiger partial charge in [0.15, 0.2) is 6.10 Å². The highest BCUT2D eigenvalue weighted by molar-refractivity contribution is 14.1. The largest absolute Gasteiger partial charge is 0.467 e. The van der Waals surface area contributed by atoms with E-state index in [0.29, 0.717) is 18.4 Å². The Hall–Kier alpha value is -3.14. The number of amides is 1. The van der Waals surface area contributed by atoms with Gasteiger partial charge in [0, 0.05) is 9.26 Å². The maximum absolute atomic E-state index is 13.4. The summed E-state index contributed by atoms with van der Waals surface area (Å²) in [7, 11) is 1.10. The molecular formula is C31H31FINO9. The SMILES string of the molecule is COC(=O)C1OC(Oc2ccc(C3C(CCC(O)c4ccc(F)cc4)C(=O)N3c3ccc(I)cc3)cc2)C(O)C(O)C1O. The van der Waals surface area contributed by atoms with Crippen LogP contribution in [-0.4, -0.2) is 70.1 Å². The van der Waals surface area contributed by atoms with Crippen molar-refractivity contribution < 1.29 is 48.6 Å². The van der Waals surface area contributed by atoms with Gasteiger partial charge in [0.1, 0.15) is 29.9 Å². The molecule has 1 amide bonds. The van der Waals surface area contributed by atoms with Crippen LogP contribution in [0.15, 0.2) is 72.8 Å². The lowest BCUT2D eigenvalue weighted by Crippen LogP contribution is -2.61. The van der Waals surface area contributed by atoms with Crippen LogP contribution < -0.4 is 9.64 Å². The van der Waals surface area contributed by atoms with Crippen molar-refractivity contribution in [3.05, 3.63) is 93.3 Å². The number of anilines is 1. The van der Waals surface area contributed by atoms with Crippen LogP contribution in [0, 0.1) is 15.3 Å². The number of aliphatic hydroxyl groups excluding tert-OH is 4. The number of rotatable bonds is 9. The van der Waals surface area contributed by atoms with Crippen LogP contribution in [0.25, 0.3) is 0 Å². The Balaban J connectivity index is 1.34. The molecule has 5 rings (SSSR count). The van der Waals surface area contributed by atoms with Gasteiger partial charge in [-0.05, 0) is 95.1 Å². The smallest absolute Gasteiger partial charge is 0.337 e. The molecule has 43 heavy (non-hydrogen) atoms. The van der Waals surface area contributed by atoms with Crippen LogP contribution in [0.1, 0.15) is 36.1 Å². The highest BCUT2D eigenvalue weighted by Gasteiger charge is 2.50. The van der Waals surface area contributed by atoms with Gasteiger partial charge in [0.25, 0.3) is 0 Å². The molecule has 8 atom stereocenters. The average molecular weight is 707 g/mol. The fraction of sp³-hybridized carbons (Fsp3) is 0.355. The number of carbonyl (C=O) groups is 2. The van der Waals surface area contributed by atoms with Crippen molar-refractivity contribution in [2.45, 2.75) is 55.7 Å². The van der Waals surface area contributed by atoms with E-state index < -0.39 is 54.5 Å². The summed E-state index contributed by atoms with van der Waals surface area (Å²) in [4.78, 5) is 27.1. The van der Waals surface area contributed by atoms with E-state index >= 15 is 0 Å². The molecule has 8 unspecified atom stereocenters. The van der Waals surface area contributed by atoms with Crippen molar-refractivity contribution in [1.82, 2.24) is 0 Å². The van der Waals surface area contributed by atoms with E-state index in [9.17, 15) is 34.4 Å². The van der Waals surface area contributed by atoms with E-state index in [1.807, 2.05) is 24.3 Å². The lowest BCUT2D eigenvalue weighted by Gasteiger charge is -2.48. The Morgan fingerprint density at radius 3 is 2.26 bits per heavy atom. The minimum Gasteiger partial charge on any atom is -0.467 e. The van der Waals surface area contributed by atoms with E-state index in [1.165, 1.54) is 24.3 Å². The number of carbonyl (C=O) groups excluding carboxylic acids is 2. The van der Waals surface area contributed by atoms with Crippen LogP contribution in [0.2, 0.25) is 0 Å². The number of halogens is 2. The van der Waals surface area contributed by atoms with E-state index in [0.717, 1.165) is 21.9 Å². The topological polar surface area (TPSA) is 146 Å². The van der Waals surface area contributed by atoms with Gasteiger partial charge < -0.3 is 39.5 Å². The summed E-state index contributed by atoms with van der Waals surface area (Å²) in [6.45, 7) is 0. The highest BCUT2D eigenvalue weighted by atomic mass is 127. The summed E-state index contributed by atoms with van der Waals surface area (Å²) in [6.07, 6.45) is -8.26. The van der Waals surface area contributed by atoms with Crippen molar-refractivity contribution in [1.29, 1.82) is 0 Å². The minimum absolute atomic E-state index is 0.0852. The molecule has 2 aliphatic heterocycles. The molecule has 10 nitrogen and oxygen atoms in total. The molecule has 12 heteroatoms. The van der Waals surface area contributed by atoms with E-state index in [-0.39, 0.29) is 17.7 Å². The maximum Gasteiger partial charge on any atom is 0.337 e. The first-order valence-corrected chi connectivity index (χ1v) is 14.7. The number of esters is 1. The number of benzene rings is 3. The molecule has 0 aliphatic carbocycles. The molecule has 2 fully saturated rings. The van der Waals surface area contributed by atoms with Crippen LogP contribution in [0.5, 0.6) is 5.75 Å². The molecule has 4 N–H and O–H groups in total. The molecule has 0 bridgehead atoms. The zero-order valence-electron chi connectivity index (χ0n) is 23.0. The summed E-state index contributed by atoms with van der Waals surface area (Å²) >= 11 is 2.19. The number of methoxy groups -OCH3 is 1. The molecule has 3 aromatic carbocycles. The molecule has 2 aliphatic rings. The Bertz CT molecular complexity index is 1420. The normalized spacial score (nSPS) is 27.7. The number of ether oxygens (including phenoxy) is 3. The van der Waals surface area contributed by atoms with Crippen LogP contribution in [0.4, 0.5) is 10.1 Å². The van der Waals surface area contributed by atoms with Gasteiger partial charge in [-0.3, -0.25) is 4.79 Å². The first-order valence-electron chi connectivity index (χ1n) is 13.6. The van der Waals surface area contributed by atoms with Crippen molar-refractivity contribution in [2.24, 2.45) is 5.92 Å². The average Bonchev–Trinajstić information content (AvgIpc) is 3.01. The molecule has 0 saturated carbocycles. The van der Waals surface area contributed by atoms with Crippen molar-refractivity contribution in [3.63, 3.8) is 0 Å². The van der Waals surface area contributed by atoms with E-state index in [2.05, 4.69) is 27.3 Å². The Kier molecular flexibility index (Phi) is 9.63. The Morgan fingerprint density at radius 1 is 0.977 bits per heavy atom. The van der Waals surface area contributed by atoms with Gasteiger partial charge in [-0.1, -0.05) is 24.3 Å². The Labute approximate surface area is 260 Å². The van der Waals surface area contributed by atoms with Crippen molar-refractivity contribution in [3.8, 4) is 5.75 Å². The minimum atomic E-state index is -1.71. The summed E-state index contributed by atoms with van der Waals surface area (Å²) in [5.41, 5.74) is 2.09. The zero-order valence-corrected chi connectivity index (χ0v) is 25.2. The second-order valence-electron chi connectivity index (χ2n) is 10.5. The predicted octanol–water partition coefficient (Wildman–Crippen LogP) is 3.01. The first kappa shape index (κ1) is 31.3. The van der Waals surface area contributed by atoms with Gasteiger partial charge in [-0.25, -0.2) is 9.18 Å².